The van der Waals surface area contributed by atoms with Crippen molar-refractivity contribution in [3.63, 3.8) is 0 Å². The van der Waals surface area contributed by atoms with E-state index in [4.69, 9.17) is 15.2 Å². The molecule has 0 saturated heterocycles. The highest BCUT2D eigenvalue weighted by Gasteiger charge is 2.27. The second-order valence-electron chi connectivity index (χ2n) is 9.13. The fourth-order valence-electron chi connectivity index (χ4n) is 4.88. The molecule has 1 aromatic carbocycles. The van der Waals surface area contributed by atoms with Crippen molar-refractivity contribution in [2.75, 3.05) is 12.3 Å². The number of nitrogens with zero attached hydrogens (tertiary/aromatic N) is 5. The minimum Gasteiger partial charge on any atom is -0.492 e. The molecule has 1 atom stereocenters. The molecule has 182 valence electrons. The van der Waals surface area contributed by atoms with Crippen molar-refractivity contribution in [2.45, 2.75) is 45.6 Å². The number of anilines is 1. The predicted octanol–water partition coefficient (Wildman–Crippen LogP) is 3.76. The Kier molecular flexibility index (Phi) is 5.69. The van der Waals surface area contributed by atoms with Gasteiger partial charge >= 0.3 is 0 Å². The van der Waals surface area contributed by atoms with Crippen LogP contribution < -0.4 is 10.5 Å². The van der Waals surface area contributed by atoms with Crippen molar-refractivity contribution in [1.29, 1.82) is 0 Å². The number of ether oxygens (including phenoxy) is 2. The van der Waals surface area contributed by atoms with Gasteiger partial charge in [0.25, 0.3) is 5.91 Å². The Morgan fingerprint density at radius 3 is 2.83 bits per heavy atom. The van der Waals surface area contributed by atoms with Gasteiger partial charge in [-0.25, -0.2) is 15.0 Å². The van der Waals surface area contributed by atoms with Gasteiger partial charge in [-0.2, -0.15) is 0 Å². The van der Waals surface area contributed by atoms with E-state index in [1.807, 2.05) is 25.1 Å². The minimum atomic E-state index is -0.373. The molecule has 0 radical (unpaired) electrons. The van der Waals surface area contributed by atoms with Crippen LogP contribution in [0.2, 0.25) is 0 Å². The molecule has 3 aromatic heterocycles. The minimum absolute atomic E-state index is 0.142. The molecule has 2 aliphatic rings. The summed E-state index contributed by atoms with van der Waals surface area (Å²) in [5.41, 5.74) is 11.2. The zero-order chi connectivity index (χ0) is 24.6. The van der Waals surface area contributed by atoms with Crippen molar-refractivity contribution >= 4 is 22.6 Å². The van der Waals surface area contributed by atoms with Crippen LogP contribution in [0.5, 0.6) is 5.75 Å². The summed E-state index contributed by atoms with van der Waals surface area (Å²) in [6.07, 6.45) is 7.03. The summed E-state index contributed by atoms with van der Waals surface area (Å²) in [6, 6.07) is 8.94. The van der Waals surface area contributed by atoms with Gasteiger partial charge in [-0.1, -0.05) is 0 Å². The van der Waals surface area contributed by atoms with Gasteiger partial charge < -0.3 is 20.1 Å². The molecule has 36 heavy (non-hydrogen) atoms. The largest absolute Gasteiger partial charge is 0.492 e. The fraction of sp³-hybridized carbons (Fsp3) is 0.296. The van der Waals surface area contributed by atoms with E-state index in [2.05, 4.69) is 19.9 Å². The van der Waals surface area contributed by atoms with Gasteiger partial charge in [0.1, 0.15) is 17.4 Å². The average molecular weight is 483 g/mol. The van der Waals surface area contributed by atoms with Crippen LogP contribution in [0.4, 0.5) is 5.82 Å². The van der Waals surface area contributed by atoms with E-state index in [9.17, 15) is 4.79 Å². The van der Waals surface area contributed by atoms with E-state index >= 15 is 0 Å². The lowest BCUT2D eigenvalue weighted by molar-refractivity contribution is 0.0663. The molecule has 0 spiro atoms. The molecule has 2 N–H and O–H groups in total. The molecule has 1 amide bonds. The van der Waals surface area contributed by atoms with Crippen LogP contribution in [0.1, 0.15) is 58.0 Å². The number of hydrogen-bond acceptors (Lipinski definition) is 8. The molecule has 0 saturated carbocycles. The summed E-state index contributed by atoms with van der Waals surface area (Å²) >= 11 is 0. The first-order valence-electron chi connectivity index (χ1n) is 12.1. The van der Waals surface area contributed by atoms with Crippen LogP contribution >= 0.6 is 0 Å². The van der Waals surface area contributed by atoms with Gasteiger partial charge in [0.05, 0.1) is 49.8 Å². The third-order valence-corrected chi connectivity index (χ3v) is 6.85. The molecule has 0 unspecified atom stereocenters. The van der Waals surface area contributed by atoms with E-state index in [-0.39, 0.29) is 11.9 Å². The molecular formula is C27H26N6O3. The van der Waals surface area contributed by atoms with Gasteiger partial charge in [-0.05, 0) is 61.2 Å². The van der Waals surface area contributed by atoms with Crippen LogP contribution in [0, 0.1) is 0 Å². The Hall–Kier alpha value is -4.11. The molecule has 4 aromatic rings. The number of carbonyl (C=O) groups is 1. The molecule has 0 aliphatic carbocycles. The summed E-state index contributed by atoms with van der Waals surface area (Å²) in [6.45, 7) is 3.84. The Morgan fingerprint density at radius 2 is 1.97 bits per heavy atom. The first-order valence-corrected chi connectivity index (χ1v) is 12.1. The number of rotatable bonds is 5. The van der Waals surface area contributed by atoms with Crippen LogP contribution in [-0.4, -0.2) is 37.3 Å². The van der Waals surface area contributed by atoms with E-state index in [1.165, 1.54) is 0 Å². The lowest BCUT2D eigenvalue weighted by atomic mass is 10.0. The third kappa shape index (κ3) is 4.01. The van der Waals surface area contributed by atoms with Crippen molar-refractivity contribution < 1.29 is 14.3 Å². The maximum atomic E-state index is 14.0. The van der Waals surface area contributed by atoms with Crippen molar-refractivity contribution in [3.8, 4) is 5.75 Å². The Bertz CT molecular complexity index is 1460. The smallest absolute Gasteiger partial charge is 0.254 e. The zero-order valence-corrected chi connectivity index (χ0v) is 20.0. The van der Waals surface area contributed by atoms with Crippen molar-refractivity contribution in [3.05, 3.63) is 82.7 Å². The molecule has 0 fully saturated rings. The number of amides is 1. The summed E-state index contributed by atoms with van der Waals surface area (Å²) in [4.78, 5) is 33.7. The second-order valence-corrected chi connectivity index (χ2v) is 9.13. The third-order valence-electron chi connectivity index (χ3n) is 6.85. The molecule has 9 nitrogen and oxygen atoms in total. The monoisotopic (exact) mass is 482 g/mol. The van der Waals surface area contributed by atoms with Crippen molar-refractivity contribution in [1.82, 2.24) is 24.8 Å². The van der Waals surface area contributed by atoms with Crippen LogP contribution in [-0.2, 0) is 30.9 Å². The Balaban J connectivity index is 1.39. The molecular weight excluding hydrogens is 456 g/mol. The lowest BCUT2D eigenvalue weighted by Crippen LogP contribution is -2.34. The number of aromatic nitrogens is 4. The average Bonchev–Trinajstić information content (AvgIpc) is 3.43. The normalized spacial score (nSPS) is 15.1. The fourth-order valence-corrected chi connectivity index (χ4v) is 4.88. The molecule has 0 bridgehead atoms. The highest BCUT2D eigenvalue weighted by atomic mass is 16.5. The van der Waals surface area contributed by atoms with E-state index in [0.29, 0.717) is 43.6 Å². The summed E-state index contributed by atoms with van der Waals surface area (Å²) in [5, 5.41) is 0.884. The number of carbonyl (C=O) groups excluding carboxylic acids is 1. The number of nitrogen functional groups attached to an aromatic ring is 1. The van der Waals surface area contributed by atoms with E-state index < -0.39 is 0 Å². The standard InChI is InChI=1S/C27H26N6O3/c1-16(26-29-7-3-8-30-26)33(13-19-10-17-4-2-9-36-24(17)12-31-19)27(34)18-5-6-23-20(11-18)21-14-35-15-22(21)25(28)32-23/h3,5-8,10-12,16H,2,4,9,13-15H2,1H3,(H2,28,32)/t16-/m1/s1. The van der Waals surface area contributed by atoms with E-state index in [0.717, 1.165) is 51.9 Å². The quantitative estimate of drug-likeness (QED) is 0.457. The number of nitrogens with two attached hydrogens (primary N) is 1. The number of aryl methyl sites for hydroxylation is 1. The SMILES string of the molecule is C[C@H](c1ncccn1)N(Cc1cc2c(cn1)OCCC2)C(=O)c1ccc2nc(N)c3c(c2c1)COC3. The molecule has 5 heterocycles. The Morgan fingerprint density at radius 1 is 1.14 bits per heavy atom. The van der Waals surface area contributed by atoms with Gasteiger partial charge in [0, 0.05) is 28.9 Å². The molecule has 9 heteroatoms. The lowest BCUT2D eigenvalue weighted by Gasteiger charge is -2.29. The summed E-state index contributed by atoms with van der Waals surface area (Å²) < 4.78 is 11.3. The maximum Gasteiger partial charge on any atom is 0.254 e. The first-order chi connectivity index (χ1) is 17.6. The predicted molar refractivity (Wildman–Crippen MR) is 133 cm³/mol. The van der Waals surface area contributed by atoms with Gasteiger partial charge in [0.2, 0.25) is 0 Å². The van der Waals surface area contributed by atoms with Crippen LogP contribution in [0.25, 0.3) is 10.9 Å². The number of benzene rings is 1. The maximum absolute atomic E-state index is 14.0. The number of pyridine rings is 2. The summed E-state index contributed by atoms with van der Waals surface area (Å²) in [5.74, 6) is 1.72. The highest BCUT2D eigenvalue weighted by Crippen LogP contribution is 2.33. The van der Waals surface area contributed by atoms with Crippen LogP contribution in [0.3, 0.4) is 0 Å². The topological polar surface area (TPSA) is 116 Å². The summed E-state index contributed by atoms with van der Waals surface area (Å²) in [7, 11) is 0. The van der Waals surface area contributed by atoms with Gasteiger partial charge in [-0.15, -0.1) is 0 Å². The highest BCUT2D eigenvalue weighted by molar-refractivity contribution is 5.99. The molecule has 6 rings (SSSR count). The molecule has 2 aliphatic heterocycles. The first kappa shape index (κ1) is 22.4. The zero-order valence-electron chi connectivity index (χ0n) is 20.0. The van der Waals surface area contributed by atoms with Crippen LogP contribution in [0.15, 0.2) is 48.9 Å². The second kappa shape index (κ2) is 9.16. The van der Waals surface area contributed by atoms with Gasteiger partial charge in [0.15, 0.2) is 0 Å². The number of hydrogen-bond donors (Lipinski definition) is 1. The Labute approximate surface area is 208 Å². The van der Waals surface area contributed by atoms with Crippen molar-refractivity contribution in [2.24, 2.45) is 0 Å². The van der Waals surface area contributed by atoms with Gasteiger partial charge in [-0.3, -0.25) is 9.78 Å². The number of fused-ring (bicyclic) bond motifs is 4. The van der Waals surface area contributed by atoms with E-state index in [1.54, 1.807) is 35.6 Å².